The standard InChI is InChI=1S/C26H49N3O11.C25H47N3O11.C19H37N3O8.C6H10O3.H2O/c1-14(27-8-7-20(33)37-10-9-36-6)11-29(5)22-16(3)38-19(13-31)25(24(22)35)40-26-21(28-17(4)32)23(34)15(2)18(12-30)39-26;1-13(26-7-6-19(32)36-9-8-35-5)10-27-20-15(3)37-18(12-30)24(23(20)34)39-25-21(28-16(4)31)22(33)14(2)17(11-29)38-25;1-8(20)5-21-14-10(3)28-13(7-24)18(17(14)27)30-19-15(22-11(4)25)16(26)9(2)12(6-23)29-19;1-3-6(7)9-5-4-8-2;/h14-16,18-19,21-27,30-31,34-35H,7-13H2,1-6H3,(H,28,32);13-15,17-18,20-27,29-30,33-34H,6-12H2,1-5H3,(H,28,31);8-10,12-19,21,23-24,26-27H,5-7,20H2,1-4H3,(H,22,25);3H,1,4-5H2,2H3;1H2/t14?,15-,16+,18?,19?,21+,22-,23?,24?,25-,26+;13?,14-,15+,17?,18?,20-,21+,22?,23?,24-,25+;8?,9-,10+,12?,13?,14-,15+,16?,17?,18-,19+;;/m111../s1. The van der Waals surface area contributed by atoms with Crippen LogP contribution in [0.15, 0.2) is 12.7 Å². The van der Waals surface area contributed by atoms with Gasteiger partial charge in [-0.3, -0.25) is 28.9 Å². The molecule has 43 heteroatoms. The van der Waals surface area contributed by atoms with E-state index in [2.05, 4.69) is 53.3 Å². The predicted molar refractivity (Wildman–Crippen MR) is 423 cm³/mol. The Morgan fingerprint density at radius 1 is 0.445 bits per heavy atom. The number of carbonyl (C=O) groups excluding carboxylic acids is 6. The lowest BCUT2D eigenvalue weighted by molar-refractivity contribution is -0.310. The maximum atomic E-state index is 11.9. The van der Waals surface area contributed by atoms with E-state index in [9.17, 15) is 90.0 Å². The fraction of sp³-hybridized carbons (Fsp3) is 0.895. The van der Waals surface area contributed by atoms with Crippen molar-refractivity contribution in [3.63, 3.8) is 0 Å². The van der Waals surface area contributed by atoms with Crippen molar-refractivity contribution in [2.45, 2.75) is 279 Å². The first-order chi connectivity index (χ1) is 55.9. The molecule has 119 heavy (non-hydrogen) atoms. The van der Waals surface area contributed by atoms with Crippen LogP contribution in [-0.2, 0) is 99.8 Å². The zero-order valence-electron chi connectivity index (χ0n) is 71.7. The van der Waals surface area contributed by atoms with Crippen LogP contribution in [0.3, 0.4) is 0 Å². The highest BCUT2D eigenvalue weighted by molar-refractivity contribution is 5.81. The number of hydrogen-bond acceptors (Lipinski definition) is 39. The molecule has 23 N–H and O–H groups in total. The fourth-order valence-electron chi connectivity index (χ4n) is 14.5. The Morgan fingerprint density at radius 3 is 1.08 bits per heavy atom. The van der Waals surface area contributed by atoms with Gasteiger partial charge in [0.1, 0.15) is 92.9 Å². The number of nitrogens with two attached hydrogens (primary N) is 1. The summed E-state index contributed by atoms with van der Waals surface area (Å²) in [6, 6.07) is -4.81. The highest BCUT2D eigenvalue weighted by Gasteiger charge is 2.54. The molecule has 6 aliphatic heterocycles. The molecule has 0 spiro atoms. The number of hydrogen-bond donors (Lipinski definition) is 20. The van der Waals surface area contributed by atoms with Gasteiger partial charge >= 0.3 is 17.9 Å². The number of nitrogens with zero attached hydrogens (tertiary/aromatic N) is 1. The van der Waals surface area contributed by atoms with E-state index in [1.165, 1.54) is 35.0 Å². The van der Waals surface area contributed by atoms with Gasteiger partial charge in [-0.05, 0) is 48.6 Å². The normalized spacial score (nSPS) is 35.2. The third-order valence-corrected chi connectivity index (χ3v) is 21.1. The average Bonchev–Trinajstić information content (AvgIpc) is 0.814. The van der Waals surface area contributed by atoms with Crippen LogP contribution >= 0.6 is 0 Å². The molecule has 0 saturated carbocycles. The zero-order chi connectivity index (χ0) is 88.8. The summed E-state index contributed by atoms with van der Waals surface area (Å²) in [7, 11) is 6.43. The number of rotatable bonds is 42. The number of aliphatic hydroxyl groups is 12. The van der Waals surface area contributed by atoms with E-state index >= 15 is 0 Å². The quantitative estimate of drug-likeness (QED) is 0.0117. The van der Waals surface area contributed by atoms with E-state index in [1.54, 1.807) is 48.7 Å². The first kappa shape index (κ1) is 110. The second-order valence-corrected chi connectivity index (χ2v) is 30.6. The lowest BCUT2D eigenvalue weighted by atomic mass is 9.88. The van der Waals surface area contributed by atoms with E-state index in [0.717, 1.165) is 6.08 Å². The summed E-state index contributed by atoms with van der Waals surface area (Å²) in [5.41, 5.74) is 5.79. The monoisotopic (exact) mass is 1730 g/mol. The Kier molecular flexibility index (Phi) is 53.6. The molecule has 698 valence electrons. The van der Waals surface area contributed by atoms with Gasteiger partial charge in [0.05, 0.1) is 145 Å². The SMILES string of the molecule is C=CC(=O)OCCOC.CC(=O)N[C@H]1C(O)[C@H](C)C(CO)O[C@H]1O[C@@H]1C(CO)O[C@@H](C)[C@@H](NCC(C)N)C1O.COCCOC(=O)CCNC(C)CN(C)[C@H]1C(O)[C@H](O[C@@H]2OC(CO)[C@@H](C)C(O)[C@@H]2NC(C)=O)C(CO)O[C@H]1C.COCCOC(=O)CCNC(C)CN[C@H]1C(O)[C@H](O[C@@H]2OC(CO)[C@@H](C)C(O)[C@@H]2NC(C)=O)C(CO)O[C@H]1C.O. The van der Waals surface area contributed by atoms with Gasteiger partial charge in [-0.2, -0.15) is 0 Å². The molecule has 0 aliphatic carbocycles. The van der Waals surface area contributed by atoms with Crippen molar-refractivity contribution in [1.82, 2.24) is 42.1 Å². The summed E-state index contributed by atoms with van der Waals surface area (Å²) in [6.45, 7) is 24.8. The molecule has 6 heterocycles. The van der Waals surface area contributed by atoms with E-state index in [0.29, 0.717) is 59.2 Å². The molecule has 0 aromatic carbocycles. The molecule has 0 radical (unpaired) electrons. The molecule has 6 fully saturated rings. The molecule has 0 bridgehead atoms. The third kappa shape index (κ3) is 35.7. The van der Waals surface area contributed by atoms with Gasteiger partial charge < -0.3 is 181 Å². The van der Waals surface area contributed by atoms with Gasteiger partial charge in [-0.25, -0.2) is 4.79 Å². The predicted octanol–water partition coefficient (Wildman–Crippen LogP) is -8.59. The van der Waals surface area contributed by atoms with Crippen LogP contribution < -0.4 is 43.0 Å². The minimum absolute atomic E-state index is 0. The number of likely N-dealkylation sites (N-methyl/N-ethyl adjacent to an activating group) is 1. The Bertz CT molecular complexity index is 2850. The van der Waals surface area contributed by atoms with Crippen LogP contribution in [-0.4, -0.2) is 431 Å². The summed E-state index contributed by atoms with van der Waals surface area (Å²) >= 11 is 0. The van der Waals surface area contributed by atoms with E-state index in [-0.39, 0.29) is 81.4 Å². The lowest BCUT2D eigenvalue weighted by Crippen LogP contribution is -2.67. The number of carbonyl (C=O) groups is 6. The number of ether oxygens (including phenoxy) is 15. The molecule has 43 nitrogen and oxygen atoms in total. The van der Waals surface area contributed by atoms with Crippen LogP contribution in [0.25, 0.3) is 0 Å². The van der Waals surface area contributed by atoms with Crippen molar-refractivity contribution in [1.29, 1.82) is 0 Å². The maximum absolute atomic E-state index is 11.9. The van der Waals surface area contributed by atoms with Crippen molar-refractivity contribution < 1.29 is 167 Å². The molecule has 0 aromatic rings. The van der Waals surface area contributed by atoms with Crippen molar-refractivity contribution in [2.75, 3.05) is 140 Å². The average molecular weight is 1730 g/mol. The zero-order valence-corrected chi connectivity index (χ0v) is 71.7. The van der Waals surface area contributed by atoms with E-state index < -0.39 is 226 Å². The van der Waals surface area contributed by atoms with Crippen LogP contribution in [0.1, 0.15) is 95.9 Å². The van der Waals surface area contributed by atoms with Gasteiger partial charge in [-0.1, -0.05) is 27.4 Å². The summed E-state index contributed by atoms with van der Waals surface area (Å²) in [6.07, 6.45) is -18.2. The highest BCUT2D eigenvalue weighted by Crippen LogP contribution is 2.36. The first-order valence-corrected chi connectivity index (χ1v) is 40.3. The molecule has 3 amide bonds. The summed E-state index contributed by atoms with van der Waals surface area (Å²) in [5.74, 6) is -3.74. The maximum Gasteiger partial charge on any atom is 0.330 e. The Balaban J connectivity index is 0.000000576. The third-order valence-electron chi connectivity index (χ3n) is 21.1. The second kappa shape index (κ2) is 57.8. The number of amides is 3. The van der Waals surface area contributed by atoms with Gasteiger partial charge in [-0.15, -0.1) is 0 Å². The van der Waals surface area contributed by atoms with Crippen LogP contribution in [0, 0.1) is 17.8 Å². The fourth-order valence-corrected chi connectivity index (χ4v) is 14.5. The summed E-state index contributed by atoms with van der Waals surface area (Å²) in [4.78, 5) is 71.1. The van der Waals surface area contributed by atoms with Gasteiger partial charge in [0, 0.05) is 117 Å². The molecular weight excluding hydrogens is 1580 g/mol. The molecule has 15 unspecified atom stereocenters. The van der Waals surface area contributed by atoms with E-state index in [1.807, 2.05) is 32.7 Å². The van der Waals surface area contributed by atoms with E-state index in [4.69, 9.17) is 67.3 Å². The number of esters is 3. The van der Waals surface area contributed by atoms with Crippen molar-refractivity contribution in [2.24, 2.45) is 23.5 Å². The Labute approximate surface area is 697 Å². The topological polar surface area (TPSA) is 629 Å². The van der Waals surface area contributed by atoms with Crippen molar-refractivity contribution >= 4 is 35.6 Å². The smallest absolute Gasteiger partial charge is 0.330 e. The highest BCUT2D eigenvalue weighted by atomic mass is 16.7. The van der Waals surface area contributed by atoms with Crippen LogP contribution in [0.5, 0.6) is 0 Å². The lowest BCUT2D eigenvalue weighted by Gasteiger charge is -2.50. The number of nitrogens with one attached hydrogen (secondary N) is 7. The second-order valence-electron chi connectivity index (χ2n) is 30.6. The minimum Gasteiger partial charge on any atom is -0.463 e. The molecule has 0 aromatic heterocycles. The van der Waals surface area contributed by atoms with Crippen molar-refractivity contribution in [3.8, 4) is 0 Å². The Morgan fingerprint density at radius 2 is 0.765 bits per heavy atom. The molecule has 6 rings (SSSR count). The number of methoxy groups -OCH3 is 3. The minimum atomic E-state index is -1.21. The first-order valence-electron chi connectivity index (χ1n) is 40.3. The Hall–Kier alpha value is -4.68. The molecular formula is C76H145N9O34. The van der Waals surface area contributed by atoms with Gasteiger partial charge in [0.25, 0.3) is 0 Å². The van der Waals surface area contributed by atoms with Crippen LogP contribution in [0.4, 0.5) is 0 Å². The van der Waals surface area contributed by atoms with Gasteiger partial charge in [0.15, 0.2) is 18.9 Å². The molecule has 6 saturated heterocycles. The van der Waals surface area contributed by atoms with Gasteiger partial charge in [0.2, 0.25) is 17.7 Å². The molecule has 33 atom stereocenters. The summed E-state index contributed by atoms with van der Waals surface area (Å²) in [5, 5.41) is 146. The van der Waals surface area contributed by atoms with Crippen LogP contribution in [0.2, 0.25) is 0 Å². The summed E-state index contributed by atoms with van der Waals surface area (Å²) < 4.78 is 82.5. The largest absolute Gasteiger partial charge is 0.463 e. The number of aliphatic hydroxyl groups excluding tert-OH is 12. The van der Waals surface area contributed by atoms with Crippen molar-refractivity contribution in [3.05, 3.63) is 12.7 Å². The molecule has 6 aliphatic rings.